The molecule has 0 saturated heterocycles. The van der Waals surface area contributed by atoms with Crippen molar-refractivity contribution in [3.05, 3.63) is 52.7 Å². The Morgan fingerprint density at radius 3 is 2.78 bits per heavy atom. The molecule has 0 saturated carbocycles. The molecule has 0 amide bonds. The number of hydrogen-bond acceptors (Lipinski definition) is 4. The lowest BCUT2D eigenvalue weighted by molar-refractivity contribution is 1.14. The van der Waals surface area contributed by atoms with Crippen molar-refractivity contribution in [3.8, 4) is 0 Å². The van der Waals surface area contributed by atoms with Crippen LogP contribution in [-0.2, 0) is 0 Å². The van der Waals surface area contributed by atoms with Crippen LogP contribution in [0.5, 0.6) is 0 Å². The molecule has 4 heteroatoms. The molecule has 3 rings (SSSR count). The Morgan fingerprint density at radius 1 is 1.06 bits per heavy atom. The van der Waals surface area contributed by atoms with Gasteiger partial charge in [-0.05, 0) is 48.8 Å². The maximum atomic E-state index is 4.58. The van der Waals surface area contributed by atoms with Crippen molar-refractivity contribution < 1.29 is 0 Å². The number of rotatable bonds is 2. The van der Waals surface area contributed by atoms with Gasteiger partial charge in [-0.1, -0.05) is 22.2 Å². The number of pyridine rings is 1. The Hall–Kier alpha value is -2.07. The Morgan fingerprint density at radius 2 is 1.94 bits per heavy atom. The largest absolute Gasteiger partial charge is 0.248 e. The number of aryl methyl sites for hydroxylation is 1. The van der Waals surface area contributed by atoms with E-state index in [1.54, 1.807) is 0 Å². The van der Waals surface area contributed by atoms with Gasteiger partial charge in [0.15, 0.2) is 0 Å². The Balaban J connectivity index is 1.96. The van der Waals surface area contributed by atoms with Gasteiger partial charge in [0.2, 0.25) is 0 Å². The van der Waals surface area contributed by atoms with Crippen LogP contribution in [0, 0.1) is 6.92 Å². The molecule has 0 spiro atoms. The number of fused-ring (bicyclic) bond motifs is 1. The fraction of sp³-hybridized carbons (Fsp3) is 0.0714. The van der Waals surface area contributed by atoms with Gasteiger partial charge >= 0.3 is 0 Å². The first-order chi connectivity index (χ1) is 8.81. The first-order valence-electron chi connectivity index (χ1n) is 5.64. The lowest BCUT2D eigenvalue weighted by Gasteiger charge is -2.00. The standard InChI is InChI=1S/C14H11N3S/c1-10-2-7-14-11(8-10)3-4-12(15-14)5-6-13-9-18-17-16-13/h2-9H,1H3/b6-5-. The normalized spacial score (nSPS) is 11.4. The summed E-state index contributed by atoms with van der Waals surface area (Å²) in [5.74, 6) is 0. The highest BCUT2D eigenvalue weighted by Gasteiger charge is 1.97. The van der Waals surface area contributed by atoms with Crippen LogP contribution in [0.25, 0.3) is 23.1 Å². The third kappa shape index (κ3) is 2.28. The molecule has 0 N–H and O–H groups in total. The average molecular weight is 253 g/mol. The van der Waals surface area contributed by atoms with Gasteiger partial charge in [-0.2, -0.15) is 0 Å². The van der Waals surface area contributed by atoms with Gasteiger partial charge in [-0.15, -0.1) is 5.10 Å². The van der Waals surface area contributed by atoms with E-state index in [4.69, 9.17) is 0 Å². The molecule has 3 nitrogen and oxygen atoms in total. The number of aromatic nitrogens is 3. The van der Waals surface area contributed by atoms with Gasteiger partial charge in [-0.25, -0.2) is 4.98 Å². The van der Waals surface area contributed by atoms with Gasteiger partial charge in [-0.3, -0.25) is 0 Å². The van der Waals surface area contributed by atoms with Crippen molar-refractivity contribution in [1.82, 2.24) is 14.6 Å². The molecule has 0 aliphatic heterocycles. The van der Waals surface area contributed by atoms with E-state index in [2.05, 4.69) is 39.7 Å². The van der Waals surface area contributed by atoms with Crippen molar-refractivity contribution in [1.29, 1.82) is 0 Å². The summed E-state index contributed by atoms with van der Waals surface area (Å²) in [4.78, 5) is 4.58. The Kier molecular flexibility index (Phi) is 2.86. The van der Waals surface area contributed by atoms with E-state index in [0.717, 1.165) is 16.9 Å². The molecule has 0 atom stereocenters. The predicted molar refractivity (Wildman–Crippen MR) is 75.3 cm³/mol. The maximum Gasteiger partial charge on any atom is 0.0982 e. The maximum absolute atomic E-state index is 4.58. The van der Waals surface area contributed by atoms with Gasteiger partial charge < -0.3 is 0 Å². The third-order valence-electron chi connectivity index (χ3n) is 2.67. The summed E-state index contributed by atoms with van der Waals surface area (Å²) in [5, 5.41) is 7.03. The molecular formula is C14H11N3S. The predicted octanol–water partition coefficient (Wildman–Crippen LogP) is 3.57. The lowest BCUT2D eigenvalue weighted by atomic mass is 10.1. The van der Waals surface area contributed by atoms with Gasteiger partial charge in [0.25, 0.3) is 0 Å². The van der Waals surface area contributed by atoms with Gasteiger partial charge in [0.05, 0.1) is 16.9 Å². The average Bonchev–Trinajstić information content (AvgIpc) is 2.89. The quantitative estimate of drug-likeness (QED) is 0.701. The summed E-state index contributed by atoms with van der Waals surface area (Å²) in [6.07, 6.45) is 3.88. The minimum atomic E-state index is 0.866. The number of hydrogen-bond donors (Lipinski definition) is 0. The fourth-order valence-electron chi connectivity index (χ4n) is 1.77. The van der Waals surface area contributed by atoms with Crippen molar-refractivity contribution in [2.45, 2.75) is 6.92 Å². The third-order valence-corrected chi connectivity index (χ3v) is 3.19. The van der Waals surface area contributed by atoms with Crippen molar-refractivity contribution >= 4 is 34.6 Å². The summed E-state index contributed by atoms with van der Waals surface area (Å²) in [6.45, 7) is 2.09. The zero-order valence-corrected chi connectivity index (χ0v) is 10.7. The molecule has 0 radical (unpaired) electrons. The highest BCUT2D eigenvalue weighted by atomic mass is 32.1. The summed E-state index contributed by atoms with van der Waals surface area (Å²) >= 11 is 1.35. The minimum absolute atomic E-state index is 0.866. The highest BCUT2D eigenvalue weighted by molar-refractivity contribution is 7.03. The Bertz CT molecular complexity index is 702. The summed E-state index contributed by atoms with van der Waals surface area (Å²) < 4.78 is 3.81. The summed E-state index contributed by atoms with van der Waals surface area (Å²) in [5.41, 5.74) is 4.06. The fourth-order valence-corrected chi connectivity index (χ4v) is 2.19. The van der Waals surface area contributed by atoms with E-state index >= 15 is 0 Å². The van der Waals surface area contributed by atoms with Crippen molar-refractivity contribution in [3.63, 3.8) is 0 Å². The molecule has 88 valence electrons. The van der Waals surface area contributed by atoms with Crippen LogP contribution in [0.1, 0.15) is 17.0 Å². The van der Waals surface area contributed by atoms with Crippen LogP contribution >= 0.6 is 11.5 Å². The first-order valence-corrected chi connectivity index (χ1v) is 6.47. The summed E-state index contributed by atoms with van der Waals surface area (Å²) in [6, 6.07) is 10.4. The first kappa shape index (κ1) is 11.0. The molecule has 1 aromatic carbocycles. The molecule has 0 fully saturated rings. The van der Waals surface area contributed by atoms with Crippen LogP contribution in [0.3, 0.4) is 0 Å². The van der Waals surface area contributed by atoms with E-state index in [1.165, 1.54) is 22.5 Å². The van der Waals surface area contributed by atoms with Crippen LogP contribution in [0.2, 0.25) is 0 Å². The van der Waals surface area contributed by atoms with E-state index in [-0.39, 0.29) is 0 Å². The van der Waals surface area contributed by atoms with E-state index in [9.17, 15) is 0 Å². The molecule has 18 heavy (non-hydrogen) atoms. The highest BCUT2D eigenvalue weighted by Crippen LogP contribution is 2.15. The van der Waals surface area contributed by atoms with Gasteiger partial charge in [0, 0.05) is 10.8 Å². The Labute approximate surface area is 109 Å². The second-order valence-corrected chi connectivity index (χ2v) is 4.71. The molecule has 0 aliphatic carbocycles. The zero-order valence-electron chi connectivity index (χ0n) is 9.87. The number of benzene rings is 1. The molecule has 3 aromatic rings. The van der Waals surface area contributed by atoms with E-state index in [1.807, 2.05) is 29.7 Å². The SMILES string of the molecule is Cc1ccc2nc(/C=C\c3csnn3)ccc2c1. The minimum Gasteiger partial charge on any atom is -0.248 e. The molecule has 0 aliphatic rings. The zero-order chi connectivity index (χ0) is 12.4. The molecule has 2 heterocycles. The molecule has 0 unspecified atom stereocenters. The monoisotopic (exact) mass is 253 g/mol. The topological polar surface area (TPSA) is 38.7 Å². The second-order valence-electron chi connectivity index (χ2n) is 4.10. The van der Waals surface area contributed by atoms with Crippen molar-refractivity contribution in [2.75, 3.05) is 0 Å². The lowest BCUT2D eigenvalue weighted by Crippen LogP contribution is -1.84. The van der Waals surface area contributed by atoms with Crippen LogP contribution in [-0.4, -0.2) is 14.6 Å². The van der Waals surface area contributed by atoms with E-state index < -0.39 is 0 Å². The smallest absolute Gasteiger partial charge is 0.0982 e. The van der Waals surface area contributed by atoms with Crippen LogP contribution < -0.4 is 0 Å². The van der Waals surface area contributed by atoms with E-state index in [0.29, 0.717) is 0 Å². The summed E-state index contributed by atoms with van der Waals surface area (Å²) in [7, 11) is 0. The number of nitrogens with zero attached hydrogens (tertiary/aromatic N) is 3. The molecule has 0 bridgehead atoms. The van der Waals surface area contributed by atoms with Crippen LogP contribution in [0.4, 0.5) is 0 Å². The molecule has 2 aromatic heterocycles. The van der Waals surface area contributed by atoms with Crippen molar-refractivity contribution in [2.24, 2.45) is 0 Å². The van der Waals surface area contributed by atoms with Crippen LogP contribution in [0.15, 0.2) is 35.7 Å². The van der Waals surface area contributed by atoms with Gasteiger partial charge in [0.1, 0.15) is 0 Å². The molecular weight excluding hydrogens is 242 g/mol. The second kappa shape index (κ2) is 4.66.